The van der Waals surface area contributed by atoms with Crippen LogP contribution in [0, 0.1) is 0 Å². The molecule has 1 aromatic rings. The number of likely N-dealkylation sites (tertiary alicyclic amines) is 1. The molecule has 2 saturated heterocycles. The second-order valence-corrected chi connectivity index (χ2v) is 9.00. The minimum atomic E-state index is 0.136. The number of rotatable bonds is 8. The highest BCUT2D eigenvalue weighted by Crippen LogP contribution is 2.18. The Balaban J connectivity index is 1.09. The predicted molar refractivity (Wildman–Crippen MR) is 117 cm³/mol. The number of carbonyl (C=O) groups is 2. The zero-order valence-corrected chi connectivity index (χ0v) is 17.9. The summed E-state index contributed by atoms with van der Waals surface area (Å²) in [5.74, 6) is 0.277. The average Bonchev–Trinajstić information content (AvgIpc) is 3.55. The van der Waals surface area contributed by atoms with Gasteiger partial charge < -0.3 is 10.6 Å². The van der Waals surface area contributed by atoms with E-state index in [1.54, 1.807) is 0 Å². The molecule has 3 fully saturated rings. The molecule has 1 aliphatic carbocycles. The van der Waals surface area contributed by atoms with Crippen molar-refractivity contribution in [3.63, 3.8) is 0 Å². The van der Waals surface area contributed by atoms with Crippen LogP contribution in [-0.2, 0) is 16.1 Å². The SMILES string of the molecule is O=C(CN1CCN(CC(=O)NC2CCN(Cc3ccccc3)CC2)CC1)NC1CC1. The standard InChI is InChI=1S/C23H35N5O2/c29-22(24-20-6-7-20)17-27-12-14-28(15-13-27)18-23(30)25-21-8-10-26(11-9-21)16-19-4-2-1-3-5-19/h1-5,20-21H,6-18H2,(H,24,29)(H,25,30). The Kier molecular flexibility index (Phi) is 7.36. The van der Waals surface area contributed by atoms with E-state index in [1.807, 2.05) is 0 Å². The lowest BCUT2D eigenvalue weighted by Gasteiger charge is -2.35. The number of nitrogens with one attached hydrogen (secondary N) is 2. The van der Waals surface area contributed by atoms with E-state index in [0.717, 1.165) is 71.5 Å². The van der Waals surface area contributed by atoms with E-state index in [-0.39, 0.29) is 17.9 Å². The molecule has 7 heteroatoms. The van der Waals surface area contributed by atoms with Crippen molar-refractivity contribution in [2.45, 2.75) is 44.3 Å². The number of piperidine rings is 1. The molecule has 0 bridgehead atoms. The van der Waals surface area contributed by atoms with Crippen molar-refractivity contribution in [2.24, 2.45) is 0 Å². The third-order valence-electron chi connectivity index (χ3n) is 6.34. The van der Waals surface area contributed by atoms with E-state index in [1.165, 1.54) is 5.56 Å². The molecule has 2 heterocycles. The minimum Gasteiger partial charge on any atom is -0.352 e. The highest BCUT2D eigenvalue weighted by Gasteiger charge is 2.26. The summed E-state index contributed by atoms with van der Waals surface area (Å²) in [5.41, 5.74) is 1.35. The largest absolute Gasteiger partial charge is 0.352 e. The molecule has 2 amide bonds. The van der Waals surface area contributed by atoms with Gasteiger partial charge in [0.1, 0.15) is 0 Å². The van der Waals surface area contributed by atoms with Gasteiger partial charge in [0, 0.05) is 57.9 Å². The quantitative estimate of drug-likeness (QED) is 0.656. The van der Waals surface area contributed by atoms with Crippen LogP contribution >= 0.6 is 0 Å². The van der Waals surface area contributed by atoms with Gasteiger partial charge in [-0.05, 0) is 31.2 Å². The molecule has 1 aromatic carbocycles. The van der Waals surface area contributed by atoms with Crippen LogP contribution in [0.25, 0.3) is 0 Å². The molecule has 7 nitrogen and oxygen atoms in total. The topological polar surface area (TPSA) is 67.9 Å². The third-order valence-corrected chi connectivity index (χ3v) is 6.34. The lowest BCUT2D eigenvalue weighted by molar-refractivity contribution is -0.125. The molecule has 0 radical (unpaired) electrons. The summed E-state index contributed by atoms with van der Waals surface area (Å²) < 4.78 is 0. The Morgan fingerprint density at radius 3 is 1.70 bits per heavy atom. The van der Waals surface area contributed by atoms with Crippen molar-refractivity contribution in [1.82, 2.24) is 25.3 Å². The summed E-state index contributed by atoms with van der Waals surface area (Å²) >= 11 is 0. The molecular formula is C23H35N5O2. The van der Waals surface area contributed by atoms with Crippen LogP contribution in [0.5, 0.6) is 0 Å². The highest BCUT2D eigenvalue weighted by atomic mass is 16.2. The Hall–Kier alpha value is -1.96. The fourth-order valence-electron chi connectivity index (χ4n) is 4.36. The van der Waals surface area contributed by atoms with Gasteiger partial charge >= 0.3 is 0 Å². The molecule has 30 heavy (non-hydrogen) atoms. The van der Waals surface area contributed by atoms with E-state index >= 15 is 0 Å². The molecule has 3 aliphatic rings. The van der Waals surface area contributed by atoms with E-state index in [4.69, 9.17) is 0 Å². The van der Waals surface area contributed by atoms with Crippen LogP contribution in [-0.4, -0.2) is 91.0 Å². The smallest absolute Gasteiger partial charge is 0.234 e. The average molecular weight is 414 g/mol. The molecule has 2 aliphatic heterocycles. The number of benzene rings is 1. The Morgan fingerprint density at radius 1 is 0.700 bits per heavy atom. The summed E-state index contributed by atoms with van der Waals surface area (Å²) in [6.07, 6.45) is 4.28. The lowest BCUT2D eigenvalue weighted by atomic mass is 10.0. The van der Waals surface area contributed by atoms with Crippen molar-refractivity contribution in [3.8, 4) is 0 Å². The van der Waals surface area contributed by atoms with Gasteiger partial charge in [-0.15, -0.1) is 0 Å². The minimum absolute atomic E-state index is 0.136. The zero-order valence-electron chi connectivity index (χ0n) is 17.9. The number of hydrogen-bond acceptors (Lipinski definition) is 5. The van der Waals surface area contributed by atoms with Gasteiger partial charge in [-0.2, -0.15) is 0 Å². The maximum absolute atomic E-state index is 12.5. The Bertz CT molecular complexity index is 693. The highest BCUT2D eigenvalue weighted by molar-refractivity contribution is 5.79. The van der Waals surface area contributed by atoms with E-state index in [9.17, 15) is 9.59 Å². The molecule has 2 N–H and O–H groups in total. The molecule has 1 saturated carbocycles. The van der Waals surface area contributed by atoms with Gasteiger partial charge in [0.25, 0.3) is 0 Å². The fourth-order valence-corrected chi connectivity index (χ4v) is 4.36. The van der Waals surface area contributed by atoms with Crippen molar-refractivity contribution < 1.29 is 9.59 Å². The van der Waals surface area contributed by atoms with Crippen molar-refractivity contribution in [3.05, 3.63) is 35.9 Å². The summed E-state index contributed by atoms with van der Waals surface area (Å²) in [6, 6.07) is 11.3. The van der Waals surface area contributed by atoms with Gasteiger partial charge in [-0.25, -0.2) is 0 Å². The van der Waals surface area contributed by atoms with E-state index in [2.05, 4.69) is 55.7 Å². The van der Waals surface area contributed by atoms with Gasteiger partial charge in [-0.3, -0.25) is 24.3 Å². The first-order valence-corrected chi connectivity index (χ1v) is 11.4. The Labute approximate surface area is 179 Å². The van der Waals surface area contributed by atoms with Crippen LogP contribution in [0.1, 0.15) is 31.2 Å². The van der Waals surface area contributed by atoms with Crippen molar-refractivity contribution in [2.75, 3.05) is 52.4 Å². The van der Waals surface area contributed by atoms with Crippen molar-refractivity contribution >= 4 is 11.8 Å². The molecule has 4 rings (SSSR count). The molecular weight excluding hydrogens is 378 g/mol. The number of amides is 2. The second-order valence-electron chi connectivity index (χ2n) is 9.00. The Morgan fingerprint density at radius 2 is 1.20 bits per heavy atom. The number of hydrogen-bond donors (Lipinski definition) is 2. The van der Waals surface area contributed by atoms with Gasteiger partial charge in [-0.1, -0.05) is 30.3 Å². The van der Waals surface area contributed by atoms with Crippen LogP contribution in [0.4, 0.5) is 0 Å². The first-order chi connectivity index (χ1) is 14.6. The lowest BCUT2D eigenvalue weighted by Crippen LogP contribution is -2.53. The molecule has 0 atom stereocenters. The maximum atomic E-state index is 12.5. The normalized spacial score (nSPS) is 22.0. The number of nitrogens with zero attached hydrogens (tertiary/aromatic N) is 3. The first-order valence-electron chi connectivity index (χ1n) is 11.4. The molecule has 164 valence electrons. The fraction of sp³-hybridized carbons (Fsp3) is 0.652. The molecule has 0 aromatic heterocycles. The van der Waals surface area contributed by atoms with Crippen LogP contribution < -0.4 is 10.6 Å². The maximum Gasteiger partial charge on any atom is 0.234 e. The second kappa shape index (κ2) is 10.4. The van der Waals surface area contributed by atoms with Crippen LogP contribution in [0.3, 0.4) is 0 Å². The van der Waals surface area contributed by atoms with Gasteiger partial charge in [0.05, 0.1) is 13.1 Å². The van der Waals surface area contributed by atoms with Crippen molar-refractivity contribution in [1.29, 1.82) is 0 Å². The molecule has 0 unspecified atom stereocenters. The number of piperazine rings is 1. The zero-order chi connectivity index (χ0) is 20.8. The van der Waals surface area contributed by atoms with E-state index < -0.39 is 0 Å². The van der Waals surface area contributed by atoms with Crippen LogP contribution in [0.2, 0.25) is 0 Å². The molecule has 0 spiro atoms. The van der Waals surface area contributed by atoms with Crippen LogP contribution in [0.15, 0.2) is 30.3 Å². The summed E-state index contributed by atoms with van der Waals surface area (Å²) in [7, 11) is 0. The monoisotopic (exact) mass is 413 g/mol. The van der Waals surface area contributed by atoms with E-state index in [0.29, 0.717) is 19.1 Å². The third kappa shape index (κ3) is 6.79. The van der Waals surface area contributed by atoms with Gasteiger partial charge in [0.2, 0.25) is 11.8 Å². The summed E-state index contributed by atoms with van der Waals surface area (Å²) in [5, 5.41) is 6.28. The first kappa shape index (κ1) is 21.3. The van der Waals surface area contributed by atoms with Gasteiger partial charge in [0.15, 0.2) is 0 Å². The summed E-state index contributed by atoms with van der Waals surface area (Å²) in [6.45, 7) is 7.39. The summed E-state index contributed by atoms with van der Waals surface area (Å²) in [4.78, 5) is 31.3. The predicted octanol–water partition coefficient (Wildman–Crippen LogP) is 0.663. The number of carbonyl (C=O) groups excluding carboxylic acids is 2.